The summed E-state index contributed by atoms with van der Waals surface area (Å²) >= 11 is 0. The maximum Gasteiger partial charge on any atom is 0.416 e. The molecule has 166 valence electrons. The zero-order valence-corrected chi connectivity index (χ0v) is 17.0. The number of halogens is 3. The number of hydrogen-bond donors (Lipinski definition) is 3. The molecule has 0 atom stereocenters. The molecular formula is C20H20F3N3O4S. The number of hydrazine groups is 1. The normalized spacial score (nSPS) is 14.8. The summed E-state index contributed by atoms with van der Waals surface area (Å²) in [5.74, 6) is -1.19. The molecule has 0 saturated heterocycles. The van der Waals surface area contributed by atoms with Crippen LogP contribution < -0.4 is 15.6 Å². The molecule has 0 aromatic heterocycles. The Morgan fingerprint density at radius 3 is 2.29 bits per heavy atom. The Balaban J connectivity index is 1.71. The van der Waals surface area contributed by atoms with Crippen molar-refractivity contribution in [2.75, 3.05) is 4.72 Å². The van der Waals surface area contributed by atoms with Gasteiger partial charge in [0.05, 0.1) is 10.5 Å². The van der Waals surface area contributed by atoms with Gasteiger partial charge in [0.15, 0.2) is 0 Å². The Hall–Kier alpha value is -3.08. The summed E-state index contributed by atoms with van der Waals surface area (Å²) in [5.41, 5.74) is 3.27. The Morgan fingerprint density at radius 2 is 1.61 bits per heavy atom. The zero-order valence-electron chi connectivity index (χ0n) is 16.2. The summed E-state index contributed by atoms with van der Waals surface area (Å²) in [6.07, 6.45) is -1.23. The molecule has 7 nitrogen and oxygen atoms in total. The number of sulfonamides is 1. The second-order valence-corrected chi connectivity index (χ2v) is 8.82. The smallest absolute Gasteiger partial charge is 0.280 e. The van der Waals surface area contributed by atoms with E-state index in [0.29, 0.717) is 6.07 Å². The summed E-state index contributed by atoms with van der Waals surface area (Å²) in [7, 11) is -4.26. The van der Waals surface area contributed by atoms with Gasteiger partial charge in [-0.25, -0.2) is 8.42 Å². The van der Waals surface area contributed by atoms with E-state index in [1.807, 2.05) is 0 Å². The maximum atomic E-state index is 12.8. The summed E-state index contributed by atoms with van der Waals surface area (Å²) in [6, 6.07) is 8.68. The van der Waals surface area contributed by atoms with Crippen molar-refractivity contribution in [3.05, 3.63) is 59.7 Å². The molecule has 3 rings (SSSR count). The Labute approximate surface area is 177 Å². The van der Waals surface area contributed by atoms with Crippen LogP contribution in [0.25, 0.3) is 0 Å². The molecular weight excluding hydrogens is 435 g/mol. The van der Waals surface area contributed by atoms with Crippen LogP contribution in [0.5, 0.6) is 0 Å². The first-order valence-corrected chi connectivity index (χ1v) is 10.9. The quantitative estimate of drug-likeness (QED) is 0.601. The second-order valence-electron chi connectivity index (χ2n) is 7.14. The number of rotatable bonds is 5. The molecule has 0 radical (unpaired) electrons. The van der Waals surface area contributed by atoms with Gasteiger partial charge >= 0.3 is 6.18 Å². The highest BCUT2D eigenvalue weighted by Crippen LogP contribution is 2.31. The minimum atomic E-state index is -4.62. The van der Waals surface area contributed by atoms with Gasteiger partial charge < -0.3 is 0 Å². The lowest BCUT2D eigenvalue weighted by atomic mass is 10.1. The van der Waals surface area contributed by atoms with Gasteiger partial charge in [-0.2, -0.15) is 13.2 Å². The second kappa shape index (κ2) is 8.96. The summed E-state index contributed by atoms with van der Waals surface area (Å²) in [4.78, 5) is 24.0. The third-order valence-corrected chi connectivity index (χ3v) is 6.25. The first kappa shape index (κ1) is 22.6. The van der Waals surface area contributed by atoms with Crippen LogP contribution in [0.3, 0.4) is 0 Å². The van der Waals surface area contributed by atoms with Gasteiger partial charge in [0.2, 0.25) is 5.91 Å². The molecule has 2 aromatic rings. The molecule has 0 spiro atoms. The van der Waals surface area contributed by atoms with E-state index in [1.54, 1.807) is 0 Å². The van der Waals surface area contributed by atoms with E-state index in [9.17, 15) is 31.2 Å². The molecule has 1 aliphatic rings. The van der Waals surface area contributed by atoms with Gasteiger partial charge in [0.1, 0.15) is 0 Å². The van der Waals surface area contributed by atoms with Crippen LogP contribution in [0.4, 0.5) is 18.9 Å². The number of alkyl halides is 3. The minimum absolute atomic E-state index is 0.0429. The van der Waals surface area contributed by atoms with E-state index >= 15 is 0 Å². The van der Waals surface area contributed by atoms with Gasteiger partial charge in [-0.3, -0.25) is 25.2 Å². The number of carbonyl (C=O) groups excluding carboxylic acids is 2. The highest BCUT2D eigenvalue weighted by atomic mass is 32.2. The Bertz CT molecular complexity index is 1080. The molecule has 0 bridgehead atoms. The lowest BCUT2D eigenvalue weighted by molar-refractivity contribution is -0.137. The van der Waals surface area contributed by atoms with Crippen LogP contribution in [0, 0.1) is 5.92 Å². The monoisotopic (exact) mass is 455 g/mol. The average Bonchev–Trinajstić information content (AvgIpc) is 3.26. The van der Waals surface area contributed by atoms with E-state index in [4.69, 9.17) is 0 Å². The summed E-state index contributed by atoms with van der Waals surface area (Å²) in [5, 5.41) is 0. The van der Waals surface area contributed by atoms with Crippen molar-refractivity contribution in [2.45, 2.75) is 36.8 Å². The van der Waals surface area contributed by atoms with Crippen molar-refractivity contribution >= 4 is 27.5 Å². The fraction of sp³-hybridized carbons (Fsp3) is 0.300. The number of carbonyl (C=O) groups is 2. The molecule has 1 saturated carbocycles. The number of benzene rings is 2. The third kappa shape index (κ3) is 5.75. The number of anilines is 1. The molecule has 1 fully saturated rings. The van der Waals surface area contributed by atoms with Crippen LogP contribution in [-0.2, 0) is 21.0 Å². The molecule has 2 aromatic carbocycles. The van der Waals surface area contributed by atoms with Crippen molar-refractivity contribution in [3.63, 3.8) is 0 Å². The fourth-order valence-electron chi connectivity index (χ4n) is 3.26. The summed E-state index contributed by atoms with van der Waals surface area (Å²) in [6.45, 7) is 0. The highest BCUT2D eigenvalue weighted by molar-refractivity contribution is 7.92. The minimum Gasteiger partial charge on any atom is -0.280 e. The van der Waals surface area contributed by atoms with Gasteiger partial charge in [-0.1, -0.05) is 25.0 Å². The van der Waals surface area contributed by atoms with Crippen LogP contribution in [-0.4, -0.2) is 20.2 Å². The highest BCUT2D eigenvalue weighted by Gasteiger charge is 2.31. The third-order valence-electron chi connectivity index (χ3n) is 4.87. The van der Waals surface area contributed by atoms with Gasteiger partial charge in [0, 0.05) is 17.2 Å². The maximum absolute atomic E-state index is 12.8. The van der Waals surface area contributed by atoms with Crippen molar-refractivity contribution < 1.29 is 31.2 Å². The van der Waals surface area contributed by atoms with E-state index < -0.39 is 27.7 Å². The molecule has 31 heavy (non-hydrogen) atoms. The van der Waals surface area contributed by atoms with Crippen molar-refractivity contribution in [3.8, 4) is 0 Å². The van der Waals surface area contributed by atoms with Gasteiger partial charge in [0.25, 0.3) is 15.9 Å². The topological polar surface area (TPSA) is 104 Å². The van der Waals surface area contributed by atoms with Crippen LogP contribution in [0.15, 0.2) is 53.4 Å². The van der Waals surface area contributed by atoms with Gasteiger partial charge in [-0.05, 0) is 49.2 Å². The molecule has 1 aliphatic carbocycles. The first-order valence-electron chi connectivity index (χ1n) is 9.46. The number of amides is 2. The van der Waals surface area contributed by atoms with Crippen molar-refractivity contribution in [2.24, 2.45) is 5.92 Å². The molecule has 0 aliphatic heterocycles. The molecule has 2 amide bonds. The number of hydrogen-bond acceptors (Lipinski definition) is 4. The Morgan fingerprint density at radius 1 is 0.935 bits per heavy atom. The van der Waals surface area contributed by atoms with Gasteiger partial charge in [-0.15, -0.1) is 0 Å². The molecule has 11 heteroatoms. The first-order chi connectivity index (χ1) is 14.6. The average molecular weight is 455 g/mol. The lowest BCUT2D eigenvalue weighted by Crippen LogP contribution is -2.44. The van der Waals surface area contributed by atoms with Crippen molar-refractivity contribution in [1.82, 2.24) is 10.9 Å². The SMILES string of the molecule is O=C(NNC(=O)C1CCCC1)c1cccc(S(=O)(=O)Nc2cccc(C(F)(F)F)c2)c1. The van der Waals surface area contributed by atoms with Crippen LogP contribution in [0.1, 0.15) is 41.6 Å². The summed E-state index contributed by atoms with van der Waals surface area (Å²) < 4.78 is 65.8. The number of nitrogens with one attached hydrogen (secondary N) is 3. The zero-order chi connectivity index (χ0) is 22.6. The molecule has 3 N–H and O–H groups in total. The van der Waals surface area contributed by atoms with E-state index in [-0.39, 0.29) is 28.0 Å². The van der Waals surface area contributed by atoms with Crippen LogP contribution >= 0.6 is 0 Å². The Kier molecular flexibility index (Phi) is 6.54. The molecule has 0 heterocycles. The van der Waals surface area contributed by atoms with E-state index in [1.165, 1.54) is 24.3 Å². The predicted molar refractivity (Wildman–Crippen MR) is 106 cm³/mol. The van der Waals surface area contributed by atoms with Crippen LogP contribution in [0.2, 0.25) is 0 Å². The largest absolute Gasteiger partial charge is 0.416 e. The van der Waals surface area contributed by atoms with E-state index in [0.717, 1.165) is 43.9 Å². The predicted octanol–water partition coefficient (Wildman–Crippen LogP) is 3.46. The van der Waals surface area contributed by atoms with Crippen molar-refractivity contribution in [1.29, 1.82) is 0 Å². The lowest BCUT2D eigenvalue weighted by Gasteiger charge is -2.13. The molecule has 0 unspecified atom stereocenters. The fourth-order valence-corrected chi connectivity index (χ4v) is 4.35. The standard InChI is InChI=1S/C20H20F3N3O4S/c21-20(22,23)15-8-4-9-16(12-15)26-31(29,30)17-10-3-7-14(11-17)19(28)25-24-18(27)13-5-1-2-6-13/h3-4,7-13,26H,1-2,5-6H2,(H,24,27)(H,25,28). The van der Waals surface area contributed by atoms with E-state index in [2.05, 4.69) is 15.6 Å².